The maximum absolute atomic E-state index is 6.05. The number of anilines is 1. The van der Waals surface area contributed by atoms with Crippen LogP contribution in [-0.4, -0.2) is 31.1 Å². The third-order valence-corrected chi connectivity index (χ3v) is 5.08. The van der Waals surface area contributed by atoms with Gasteiger partial charge in [0.2, 0.25) is 0 Å². The molecule has 0 spiro atoms. The molecule has 0 radical (unpaired) electrons. The molecular formula is C22H30N4O. The molecule has 3 N–H and O–H groups in total. The Morgan fingerprint density at radius 2 is 1.89 bits per heavy atom. The number of nitrogens with one attached hydrogen (secondary N) is 1. The quantitative estimate of drug-likeness (QED) is 0.602. The molecule has 0 saturated carbocycles. The molecule has 1 saturated heterocycles. The summed E-state index contributed by atoms with van der Waals surface area (Å²) in [4.78, 5) is 7.02. The van der Waals surface area contributed by atoms with Crippen molar-refractivity contribution in [1.82, 2.24) is 4.90 Å². The van der Waals surface area contributed by atoms with Gasteiger partial charge in [0.1, 0.15) is 5.75 Å². The van der Waals surface area contributed by atoms with E-state index in [2.05, 4.69) is 46.4 Å². The summed E-state index contributed by atoms with van der Waals surface area (Å²) in [6, 6.07) is 16.3. The number of hydrogen-bond acceptors (Lipinski definition) is 3. The van der Waals surface area contributed by atoms with E-state index >= 15 is 0 Å². The number of piperidine rings is 1. The van der Waals surface area contributed by atoms with Crippen molar-refractivity contribution >= 4 is 11.6 Å². The van der Waals surface area contributed by atoms with Crippen molar-refractivity contribution in [2.75, 3.05) is 25.5 Å². The zero-order valence-corrected chi connectivity index (χ0v) is 16.3. The van der Waals surface area contributed by atoms with E-state index < -0.39 is 0 Å². The number of benzene rings is 2. The number of ether oxygens (including phenoxy) is 1. The van der Waals surface area contributed by atoms with E-state index in [-0.39, 0.29) is 0 Å². The van der Waals surface area contributed by atoms with Gasteiger partial charge in [-0.05, 0) is 55.1 Å². The molecule has 3 rings (SSSR count). The Kier molecular flexibility index (Phi) is 6.71. The van der Waals surface area contributed by atoms with E-state index in [1.54, 1.807) is 7.11 Å². The average molecular weight is 367 g/mol. The first-order valence-electron chi connectivity index (χ1n) is 9.64. The summed E-state index contributed by atoms with van der Waals surface area (Å²) in [6.07, 6.45) is 2.60. The number of hydrogen-bond donors (Lipinski definition) is 2. The molecule has 144 valence electrons. The minimum Gasteiger partial charge on any atom is -0.495 e. The van der Waals surface area contributed by atoms with Gasteiger partial charge in [-0.25, -0.2) is 4.99 Å². The van der Waals surface area contributed by atoms with E-state index in [0.717, 1.165) is 23.9 Å². The molecule has 1 aliphatic heterocycles. The van der Waals surface area contributed by atoms with Crippen LogP contribution in [-0.2, 0) is 13.1 Å². The summed E-state index contributed by atoms with van der Waals surface area (Å²) >= 11 is 0. The second kappa shape index (κ2) is 9.42. The molecule has 0 bridgehead atoms. The Morgan fingerprint density at radius 1 is 1.15 bits per heavy atom. The molecule has 5 heteroatoms. The normalized spacial score (nSPS) is 16.3. The van der Waals surface area contributed by atoms with Crippen molar-refractivity contribution in [3.63, 3.8) is 0 Å². The highest BCUT2D eigenvalue weighted by Crippen LogP contribution is 2.22. The van der Waals surface area contributed by atoms with E-state index in [4.69, 9.17) is 10.5 Å². The van der Waals surface area contributed by atoms with Gasteiger partial charge in [-0.3, -0.25) is 4.90 Å². The van der Waals surface area contributed by atoms with Crippen LogP contribution >= 0.6 is 0 Å². The van der Waals surface area contributed by atoms with Gasteiger partial charge >= 0.3 is 0 Å². The molecule has 1 fully saturated rings. The lowest BCUT2D eigenvalue weighted by Crippen LogP contribution is -2.32. The molecule has 0 atom stereocenters. The van der Waals surface area contributed by atoms with Crippen LogP contribution in [0.1, 0.15) is 30.9 Å². The Morgan fingerprint density at radius 3 is 2.67 bits per heavy atom. The van der Waals surface area contributed by atoms with Gasteiger partial charge in [0, 0.05) is 6.54 Å². The fourth-order valence-electron chi connectivity index (χ4n) is 3.41. The third kappa shape index (κ3) is 5.73. The molecule has 5 nitrogen and oxygen atoms in total. The monoisotopic (exact) mass is 366 g/mol. The number of para-hydroxylation sites is 2. The molecule has 0 aromatic heterocycles. The highest BCUT2D eigenvalue weighted by atomic mass is 16.5. The smallest absolute Gasteiger partial charge is 0.193 e. The molecule has 0 amide bonds. The number of likely N-dealkylation sites (tertiary alicyclic amines) is 1. The first-order chi connectivity index (χ1) is 13.1. The minimum absolute atomic E-state index is 0.384. The van der Waals surface area contributed by atoms with Crippen LogP contribution in [0.3, 0.4) is 0 Å². The van der Waals surface area contributed by atoms with E-state index in [1.165, 1.54) is 37.1 Å². The predicted molar refractivity (Wildman–Crippen MR) is 112 cm³/mol. The lowest BCUT2D eigenvalue weighted by atomic mass is 9.98. The number of rotatable bonds is 6. The van der Waals surface area contributed by atoms with Crippen molar-refractivity contribution < 1.29 is 4.74 Å². The predicted octanol–water partition coefficient (Wildman–Crippen LogP) is 3.85. The van der Waals surface area contributed by atoms with Crippen molar-refractivity contribution in [3.8, 4) is 5.75 Å². The number of nitrogens with two attached hydrogens (primary N) is 1. The van der Waals surface area contributed by atoms with Crippen LogP contribution in [0.15, 0.2) is 53.5 Å². The largest absolute Gasteiger partial charge is 0.495 e. The number of guanidine groups is 1. The summed E-state index contributed by atoms with van der Waals surface area (Å²) in [6.45, 7) is 6.30. The topological polar surface area (TPSA) is 62.9 Å². The number of methoxy groups -OCH3 is 1. The summed E-state index contributed by atoms with van der Waals surface area (Å²) < 4.78 is 5.33. The third-order valence-electron chi connectivity index (χ3n) is 5.08. The summed E-state index contributed by atoms with van der Waals surface area (Å²) in [5, 5.41) is 3.11. The minimum atomic E-state index is 0.384. The highest BCUT2D eigenvalue weighted by Gasteiger charge is 2.15. The fourth-order valence-corrected chi connectivity index (χ4v) is 3.41. The van der Waals surface area contributed by atoms with Gasteiger partial charge in [0.25, 0.3) is 0 Å². The van der Waals surface area contributed by atoms with Crippen molar-refractivity contribution in [2.45, 2.75) is 32.9 Å². The molecule has 0 unspecified atom stereocenters. The van der Waals surface area contributed by atoms with Crippen LogP contribution in [0.2, 0.25) is 0 Å². The first kappa shape index (κ1) is 19.2. The molecule has 2 aromatic rings. The molecular weight excluding hydrogens is 336 g/mol. The second-order valence-electron chi connectivity index (χ2n) is 7.31. The Labute approximate surface area is 162 Å². The zero-order chi connectivity index (χ0) is 19.1. The van der Waals surface area contributed by atoms with Crippen LogP contribution in [0.4, 0.5) is 5.69 Å². The Hall–Kier alpha value is -2.53. The first-order valence-corrected chi connectivity index (χ1v) is 9.64. The SMILES string of the molecule is COc1ccccc1NC(N)=NCc1cccc(CN2CCC(C)CC2)c1. The van der Waals surface area contributed by atoms with Crippen LogP contribution in [0.25, 0.3) is 0 Å². The van der Waals surface area contributed by atoms with E-state index in [0.29, 0.717) is 12.5 Å². The van der Waals surface area contributed by atoms with E-state index in [1.807, 2.05) is 24.3 Å². The fraction of sp³-hybridized carbons (Fsp3) is 0.409. The number of nitrogens with zero attached hydrogens (tertiary/aromatic N) is 2. The van der Waals surface area contributed by atoms with Crippen LogP contribution in [0, 0.1) is 5.92 Å². The van der Waals surface area contributed by atoms with Crippen molar-refractivity contribution in [1.29, 1.82) is 0 Å². The van der Waals surface area contributed by atoms with Crippen molar-refractivity contribution in [3.05, 3.63) is 59.7 Å². The molecule has 1 heterocycles. The van der Waals surface area contributed by atoms with Crippen molar-refractivity contribution in [2.24, 2.45) is 16.6 Å². The average Bonchev–Trinajstić information content (AvgIpc) is 2.69. The summed E-state index contributed by atoms with van der Waals surface area (Å²) in [7, 11) is 1.64. The van der Waals surface area contributed by atoms with Gasteiger partial charge in [-0.2, -0.15) is 0 Å². The Bertz CT molecular complexity index is 766. The molecule has 0 aliphatic carbocycles. The lowest BCUT2D eigenvalue weighted by molar-refractivity contribution is 0.185. The van der Waals surface area contributed by atoms with Crippen LogP contribution in [0.5, 0.6) is 5.75 Å². The van der Waals surface area contributed by atoms with Gasteiger partial charge in [-0.1, -0.05) is 43.3 Å². The maximum atomic E-state index is 6.05. The maximum Gasteiger partial charge on any atom is 0.193 e. The van der Waals surface area contributed by atoms with Gasteiger partial charge in [0.05, 0.1) is 19.3 Å². The number of aliphatic imine (C=N–C) groups is 1. The zero-order valence-electron chi connectivity index (χ0n) is 16.3. The second-order valence-corrected chi connectivity index (χ2v) is 7.31. The van der Waals surface area contributed by atoms with Gasteiger partial charge in [0.15, 0.2) is 5.96 Å². The highest BCUT2D eigenvalue weighted by molar-refractivity contribution is 5.93. The standard InChI is InChI=1S/C22H30N4O/c1-17-10-12-26(13-11-17)16-19-7-5-6-18(14-19)15-24-22(23)25-20-8-3-4-9-21(20)27-2/h3-9,14,17H,10-13,15-16H2,1-2H3,(H3,23,24,25). The molecule has 1 aliphatic rings. The van der Waals surface area contributed by atoms with E-state index in [9.17, 15) is 0 Å². The lowest BCUT2D eigenvalue weighted by Gasteiger charge is -2.30. The summed E-state index contributed by atoms with van der Waals surface area (Å²) in [5.74, 6) is 1.99. The van der Waals surface area contributed by atoms with Gasteiger partial charge < -0.3 is 15.8 Å². The summed E-state index contributed by atoms with van der Waals surface area (Å²) in [5.41, 5.74) is 9.38. The molecule has 2 aromatic carbocycles. The Balaban J connectivity index is 1.58. The van der Waals surface area contributed by atoms with Gasteiger partial charge in [-0.15, -0.1) is 0 Å². The molecule has 27 heavy (non-hydrogen) atoms. The van der Waals surface area contributed by atoms with Crippen LogP contribution < -0.4 is 15.8 Å².